The summed E-state index contributed by atoms with van der Waals surface area (Å²) < 4.78 is 5.66. The van der Waals surface area contributed by atoms with Gasteiger partial charge < -0.3 is 15.0 Å². The fourth-order valence-electron chi connectivity index (χ4n) is 2.79. The second-order valence-corrected chi connectivity index (χ2v) is 7.45. The zero-order valence-electron chi connectivity index (χ0n) is 14.7. The summed E-state index contributed by atoms with van der Waals surface area (Å²) in [6.07, 6.45) is 3.23. The van der Waals surface area contributed by atoms with Crippen LogP contribution in [0, 0.1) is 0 Å². The summed E-state index contributed by atoms with van der Waals surface area (Å²) in [4.78, 5) is 15.9. The zero-order valence-corrected chi connectivity index (χ0v) is 15.6. The van der Waals surface area contributed by atoms with Crippen LogP contribution in [0.5, 0.6) is 0 Å². The minimum absolute atomic E-state index is 0.0279. The van der Waals surface area contributed by atoms with Crippen molar-refractivity contribution in [2.75, 3.05) is 6.61 Å². The molecule has 1 aromatic carbocycles. The summed E-state index contributed by atoms with van der Waals surface area (Å²) in [5.41, 5.74) is 2.27. The van der Waals surface area contributed by atoms with E-state index in [1.54, 1.807) is 11.3 Å². The number of urea groups is 1. The van der Waals surface area contributed by atoms with Crippen molar-refractivity contribution in [1.29, 1.82) is 0 Å². The lowest BCUT2D eigenvalue weighted by atomic mass is 10.1. The van der Waals surface area contributed by atoms with Gasteiger partial charge in [-0.1, -0.05) is 37.3 Å². The Morgan fingerprint density at radius 1 is 1.24 bits per heavy atom. The molecule has 5 heteroatoms. The Kier molecular flexibility index (Phi) is 6.48. The predicted octanol–water partition coefficient (Wildman–Crippen LogP) is 4.55. The lowest BCUT2D eigenvalue weighted by Gasteiger charge is -2.22. The number of ether oxygens (including phenoxy) is 1. The van der Waals surface area contributed by atoms with Gasteiger partial charge in [0.1, 0.15) is 0 Å². The van der Waals surface area contributed by atoms with Gasteiger partial charge in [0, 0.05) is 24.1 Å². The summed E-state index contributed by atoms with van der Waals surface area (Å²) >= 11 is 1.70. The number of thiophene rings is 1. The number of hydrogen-bond donors (Lipinski definition) is 1. The fourth-order valence-corrected chi connectivity index (χ4v) is 3.50. The van der Waals surface area contributed by atoms with Crippen molar-refractivity contribution < 1.29 is 9.53 Å². The van der Waals surface area contributed by atoms with Gasteiger partial charge in [0.15, 0.2) is 0 Å². The van der Waals surface area contributed by atoms with Crippen LogP contribution in [-0.2, 0) is 24.4 Å². The molecule has 0 unspecified atom stereocenters. The molecule has 4 nitrogen and oxygen atoms in total. The molecule has 0 aliphatic heterocycles. The molecule has 1 N–H and O–H groups in total. The van der Waals surface area contributed by atoms with E-state index in [1.807, 2.05) is 23.1 Å². The third-order valence-electron chi connectivity index (χ3n) is 4.31. The molecule has 1 aromatic heterocycles. The first-order chi connectivity index (χ1) is 12.3. The summed E-state index contributed by atoms with van der Waals surface area (Å²) in [5, 5.41) is 5.16. The highest BCUT2D eigenvalue weighted by atomic mass is 32.1. The molecular formula is C20H26N2O2S. The van der Waals surface area contributed by atoms with Crippen LogP contribution in [0.4, 0.5) is 4.79 Å². The molecule has 134 valence electrons. The maximum absolute atomic E-state index is 12.7. The topological polar surface area (TPSA) is 41.6 Å². The number of carbonyl (C=O) groups is 1. The first kappa shape index (κ1) is 18.0. The summed E-state index contributed by atoms with van der Waals surface area (Å²) in [6, 6.07) is 12.7. The zero-order chi connectivity index (χ0) is 17.5. The molecule has 25 heavy (non-hydrogen) atoms. The summed E-state index contributed by atoms with van der Waals surface area (Å²) in [5.74, 6) is 0. The molecule has 1 heterocycles. The molecule has 2 amide bonds. The largest absolute Gasteiger partial charge is 0.377 e. The summed E-state index contributed by atoms with van der Waals surface area (Å²) in [7, 11) is 0. The standard InChI is InChI=1S/C20H26N2O2S/c1-2-11-24-15-17-7-4-3-6-16(17)13-21-20(23)22(18-9-10-18)14-19-8-5-12-25-19/h3-8,12,18H,2,9-11,13-15H2,1H3,(H,21,23). The van der Waals surface area contributed by atoms with E-state index in [-0.39, 0.29) is 6.03 Å². The average Bonchev–Trinajstić information content (AvgIpc) is 3.34. The second-order valence-electron chi connectivity index (χ2n) is 6.42. The van der Waals surface area contributed by atoms with Crippen LogP contribution < -0.4 is 5.32 Å². The van der Waals surface area contributed by atoms with E-state index < -0.39 is 0 Å². The van der Waals surface area contributed by atoms with E-state index in [4.69, 9.17) is 4.74 Å². The van der Waals surface area contributed by atoms with E-state index >= 15 is 0 Å². The van der Waals surface area contributed by atoms with Crippen molar-refractivity contribution >= 4 is 17.4 Å². The van der Waals surface area contributed by atoms with Crippen LogP contribution >= 0.6 is 11.3 Å². The van der Waals surface area contributed by atoms with Crippen molar-refractivity contribution in [3.05, 3.63) is 57.8 Å². The van der Waals surface area contributed by atoms with Crippen molar-refractivity contribution in [2.45, 2.75) is 51.9 Å². The van der Waals surface area contributed by atoms with Gasteiger partial charge in [0.2, 0.25) is 0 Å². The quantitative estimate of drug-likeness (QED) is 0.668. The Hall–Kier alpha value is -1.85. The van der Waals surface area contributed by atoms with Gasteiger partial charge in [0.25, 0.3) is 0 Å². The smallest absolute Gasteiger partial charge is 0.318 e. The second kappa shape index (κ2) is 9.02. The van der Waals surface area contributed by atoms with Crippen LogP contribution in [0.1, 0.15) is 42.2 Å². The van der Waals surface area contributed by atoms with Crippen LogP contribution in [0.3, 0.4) is 0 Å². The van der Waals surface area contributed by atoms with Crippen LogP contribution in [0.25, 0.3) is 0 Å². The van der Waals surface area contributed by atoms with Gasteiger partial charge in [-0.15, -0.1) is 11.3 Å². The first-order valence-corrected chi connectivity index (χ1v) is 9.87. The number of amides is 2. The van der Waals surface area contributed by atoms with E-state index in [0.29, 0.717) is 25.7 Å². The molecule has 0 bridgehead atoms. The molecule has 0 spiro atoms. The lowest BCUT2D eigenvalue weighted by molar-refractivity contribution is 0.121. The number of benzene rings is 1. The molecule has 1 aliphatic carbocycles. The molecule has 1 saturated carbocycles. The predicted molar refractivity (Wildman–Crippen MR) is 102 cm³/mol. The van der Waals surface area contributed by atoms with Gasteiger partial charge in [-0.05, 0) is 41.8 Å². The third kappa shape index (κ3) is 5.31. The molecular weight excluding hydrogens is 332 g/mol. The molecule has 1 aliphatic rings. The van der Waals surface area contributed by atoms with Crippen molar-refractivity contribution in [3.63, 3.8) is 0 Å². The molecule has 0 saturated heterocycles. The number of rotatable bonds is 9. The van der Waals surface area contributed by atoms with E-state index in [2.05, 4.69) is 35.8 Å². The van der Waals surface area contributed by atoms with Gasteiger partial charge >= 0.3 is 6.03 Å². The minimum Gasteiger partial charge on any atom is -0.377 e. The van der Waals surface area contributed by atoms with Crippen LogP contribution in [0.2, 0.25) is 0 Å². The Balaban J connectivity index is 1.57. The molecule has 2 aromatic rings. The molecule has 3 rings (SSSR count). The van der Waals surface area contributed by atoms with Gasteiger partial charge in [0.05, 0.1) is 13.2 Å². The lowest BCUT2D eigenvalue weighted by Crippen LogP contribution is -2.40. The van der Waals surface area contributed by atoms with Crippen LogP contribution in [0.15, 0.2) is 41.8 Å². The number of carbonyl (C=O) groups excluding carboxylic acids is 1. The Labute approximate surface area is 153 Å². The normalized spacial score (nSPS) is 13.6. The molecule has 0 radical (unpaired) electrons. The SMILES string of the molecule is CCCOCc1ccccc1CNC(=O)N(Cc1cccs1)C1CC1. The van der Waals surface area contributed by atoms with Gasteiger partial charge in [-0.25, -0.2) is 4.79 Å². The highest BCUT2D eigenvalue weighted by Crippen LogP contribution is 2.29. The number of hydrogen-bond acceptors (Lipinski definition) is 3. The Bertz CT molecular complexity index is 668. The number of nitrogens with one attached hydrogen (secondary N) is 1. The fraction of sp³-hybridized carbons (Fsp3) is 0.450. The minimum atomic E-state index is 0.0279. The van der Waals surface area contributed by atoms with E-state index in [0.717, 1.165) is 37.0 Å². The van der Waals surface area contributed by atoms with Crippen LogP contribution in [-0.4, -0.2) is 23.6 Å². The molecule has 1 fully saturated rings. The average molecular weight is 359 g/mol. The highest BCUT2D eigenvalue weighted by molar-refractivity contribution is 7.09. The monoisotopic (exact) mass is 358 g/mol. The maximum atomic E-state index is 12.7. The van der Waals surface area contributed by atoms with E-state index in [1.165, 1.54) is 4.88 Å². The third-order valence-corrected chi connectivity index (χ3v) is 5.17. The van der Waals surface area contributed by atoms with Crippen molar-refractivity contribution in [2.24, 2.45) is 0 Å². The van der Waals surface area contributed by atoms with Crippen molar-refractivity contribution in [1.82, 2.24) is 10.2 Å². The van der Waals surface area contributed by atoms with E-state index in [9.17, 15) is 4.79 Å². The molecule has 0 atom stereocenters. The maximum Gasteiger partial charge on any atom is 0.318 e. The summed E-state index contributed by atoms with van der Waals surface area (Å²) in [6.45, 7) is 4.71. The van der Waals surface area contributed by atoms with Crippen molar-refractivity contribution in [3.8, 4) is 0 Å². The highest BCUT2D eigenvalue weighted by Gasteiger charge is 2.32. The van der Waals surface area contributed by atoms with Gasteiger partial charge in [-0.3, -0.25) is 0 Å². The van der Waals surface area contributed by atoms with Gasteiger partial charge in [-0.2, -0.15) is 0 Å². The first-order valence-electron chi connectivity index (χ1n) is 8.99. The Morgan fingerprint density at radius 3 is 2.72 bits per heavy atom. The number of nitrogens with zero attached hydrogens (tertiary/aromatic N) is 1. The Morgan fingerprint density at radius 2 is 2.04 bits per heavy atom.